The van der Waals surface area contributed by atoms with Gasteiger partial charge in [-0.05, 0) is 68.9 Å². The van der Waals surface area contributed by atoms with E-state index in [1.165, 1.54) is 11.0 Å². The number of thiocarbonyl (C=S) groups is 1. The maximum Gasteiger partial charge on any atom is 0.259 e. The van der Waals surface area contributed by atoms with Gasteiger partial charge in [-0.3, -0.25) is 9.69 Å². The third-order valence-electron chi connectivity index (χ3n) is 5.89. The average molecular weight is 454 g/mol. The van der Waals surface area contributed by atoms with Crippen LogP contribution in [0.25, 0.3) is 0 Å². The van der Waals surface area contributed by atoms with Crippen LogP contribution in [0.2, 0.25) is 0 Å². The molecule has 0 aliphatic carbocycles. The van der Waals surface area contributed by atoms with Crippen molar-refractivity contribution in [2.75, 3.05) is 23.0 Å². The van der Waals surface area contributed by atoms with Crippen molar-refractivity contribution in [1.29, 1.82) is 5.26 Å². The van der Waals surface area contributed by atoms with Gasteiger partial charge >= 0.3 is 0 Å². The molecule has 0 bridgehead atoms. The minimum Gasteiger partial charge on any atom is -0.487 e. The number of hydrogen-bond acceptors (Lipinski definition) is 5. The van der Waals surface area contributed by atoms with Gasteiger partial charge in [0.15, 0.2) is 16.7 Å². The van der Waals surface area contributed by atoms with Crippen LogP contribution < -0.4 is 14.5 Å². The molecule has 4 rings (SSSR count). The summed E-state index contributed by atoms with van der Waals surface area (Å²) in [6, 6.07) is 11.9. The Morgan fingerprint density at radius 3 is 2.50 bits per heavy atom. The van der Waals surface area contributed by atoms with Crippen LogP contribution >= 0.6 is 12.2 Å². The second-order valence-corrected chi connectivity index (χ2v) is 8.84. The van der Waals surface area contributed by atoms with E-state index < -0.39 is 11.4 Å². The van der Waals surface area contributed by atoms with E-state index in [0.29, 0.717) is 30.2 Å². The minimum absolute atomic E-state index is 0.0786. The number of aryl methyl sites for hydroxylation is 1. The SMILES string of the molecule is Cc1cc(N2C(=O)C(C)(C)N(c3ccc(OC4CCOCC4)c(F)c3)C2=S)ccc1C#N. The Hall–Kier alpha value is -3.02. The van der Waals surface area contributed by atoms with E-state index >= 15 is 0 Å². The van der Waals surface area contributed by atoms with Gasteiger partial charge in [0.2, 0.25) is 0 Å². The summed E-state index contributed by atoms with van der Waals surface area (Å²) in [5, 5.41) is 9.44. The highest BCUT2D eigenvalue weighted by Crippen LogP contribution is 2.38. The van der Waals surface area contributed by atoms with Gasteiger partial charge in [-0.2, -0.15) is 5.26 Å². The molecule has 2 aromatic rings. The quantitative estimate of drug-likeness (QED) is 0.636. The number of nitriles is 1. The molecule has 0 unspecified atom stereocenters. The number of ether oxygens (including phenoxy) is 2. The zero-order valence-corrected chi connectivity index (χ0v) is 19.0. The van der Waals surface area contributed by atoms with Crippen molar-refractivity contribution in [3.8, 4) is 11.8 Å². The molecule has 32 heavy (non-hydrogen) atoms. The Morgan fingerprint density at radius 1 is 1.19 bits per heavy atom. The number of carbonyl (C=O) groups excluding carboxylic acids is 1. The highest BCUT2D eigenvalue weighted by atomic mass is 32.1. The zero-order chi connectivity index (χ0) is 23.0. The summed E-state index contributed by atoms with van der Waals surface area (Å²) in [5.41, 5.74) is 1.31. The second kappa shape index (κ2) is 8.49. The number of benzene rings is 2. The van der Waals surface area contributed by atoms with Crippen molar-refractivity contribution in [3.63, 3.8) is 0 Å². The molecule has 0 atom stereocenters. The van der Waals surface area contributed by atoms with Crippen molar-refractivity contribution in [2.24, 2.45) is 0 Å². The van der Waals surface area contributed by atoms with Crippen molar-refractivity contribution in [2.45, 2.75) is 45.3 Å². The average Bonchev–Trinajstić information content (AvgIpc) is 2.94. The summed E-state index contributed by atoms with van der Waals surface area (Å²) in [5.74, 6) is -0.559. The summed E-state index contributed by atoms with van der Waals surface area (Å²) in [6.45, 7) is 6.52. The molecule has 6 nitrogen and oxygen atoms in total. The molecule has 0 spiro atoms. The molecular formula is C24H24FN3O3S. The van der Waals surface area contributed by atoms with E-state index in [0.717, 1.165) is 18.4 Å². The lowest BCUT2D eigenvalue weighted by molar-refractivity contribution is -0.120. The number of amides is 1. The Balaban J connectivity index is 1.64. The molecule has 0 radical (unpaired) electrons. The number of rotatable bonds is 4. The van der Waals surface area contributed by atoms with Gasteiger partial charge in [0, 0.05) is 24.6 Å². The zero-order valence-electron chi connectivity index (χ0n) is 18.2. The monoisotopic (exact) mass is 453 g/mol. The highest BCUT2D eigenvalue weighted by Gasteiger charge is 2.50. The summed E-state index contributed by atoms with van der Waals surface area (Å²) in [4.78, 5) is 16.4. The summed E-state index contributed by atoms with van der Waals surface area (Å²) in [7, 11) is 0. The Labute approximate surface area is 192 Å². The van der Waals surface area contributed by atoms with E-state index in [1.807, 2.05) is 0 Å². The smallest absolute Gasteiger partial charge is 0.259 e. The van der Waals surface area contributed by atoms with Gasteiger partial charge < -0.3 is 14.4 Å². The van der Waals surface area contributed by atoms with Gasteiger partial charge in [0.25, 0.3) is 5.91 Å². The molecule has 2 aromatic carbocycles. The van der Waals surface area contributed by atoms with E-state index in [-0.39, 0.29) is 22.9 Å². The number of anilines is 2. The third-order valence-corrected chi connectivity index (χ3v) is 6.26. The van der Waals surface area contributed by atoms with Crippen LogP contribution in [-0.4, -0.2) is 35.9 Å². The Kier molecular flexibility index (Phi) is 5.89. The highest BCUT2D eigenvalue weighted by molar-refractivity contribution is 7.81. The van der Waals surface area contributed by atoms with Crippen molar-refractivity contribution >= 4 is 34.6 Å². The van der Waals surface area contributed by atoms with Crippen LogP contribution in [0.4, 0.5) is 15.8 Å². The summed E-state index contributed by atoms with van der Waals surface area (Å²) in [6.07, 6.45) is 1.36. The maximum absolute atomic E-state index is 14.9. The first kappa shape index (κ1) is 22.2. The summed E-state index contributed by atoms with van der Waals surface area (Å²) >= 11 is 5.66. The molecule has 2 saturated heterocycles. The Morgan fingerprint density at radius 2 is 1.88 bits per heavy atom. The molecular weight excluding hydrogens is 429 g/mol. The topological polar surface area (TPSA) is 65.8 Å². The fourth-order valence-corrected chi connectivity index (χ4v) is 4.59. The van der Waals surface area contributed by atoms with Crippen LogP contribution in [0, 0.1) is 24.1 Å². The lowest BCUT2D eigenvalue weighted by Crippen LogP contribution is -2.44. The second-order valence-electron chi connectivity index (χ2n) is 8.47. The molecule has 2 aliphatic heterocycles. The lowest BCUT2D eigenvalue weighted by atomic mass is 10.0. The molecule has 2 aliphatic rings. The first-order chi connectivity index (χ1) is 15.2. The van der Waals surface area contributed by atoms with E-state index in [4.69, 9.17) is 21.7 Å². The normalized spacial score (nSPS) is 18.7. The van der Waals surface area contributed by atoms with Crippen LogP contribution in [0.5, 0.6) is 5.75 Å². The third kappa shape index (κ3) is 3.83. The van der Waals surface area contributed by atoms with Crippen LogP contribution in [0.15, 0.2) is 36.4 Å². The van der Waals surface area contributed by atoms with Crippen molar-refractivity contribution in [1.82, 2.24) is 0 Å². The molecule has 0 N–H and O–H groups in total. The van der Waals surface area contributed by atoms with Gasteiger partial charge in [-0.25, -0.2) is 4.39 Å². The predicted molar refractivity (Wildman–Crippen MR) is 123 cm³/mol. The molecule has 1 amide bonds. The standard InChI is InChI=1S/C24H24FN3O3S/c1-15-12-17(5-4-16(15)14-26)27-22(29)24(2,3)28(23(27)32)18-6-7-21(20(25)13-18)31-19-8-10-30-11-9-19/h4-7,12-13,19H,8-11H2,1-3H3. The molecule has 2 fully saturated rings. The molecule has 0 aromatic heterocycles. The van der Waals surface area contributed by atoms with Crippen LogP contribution in [0.3, 0.4) is 0 Å². The number of carbonyl (C=O) groups is 1. The molecule has 166 valence electrons. The van der Waals surface area contributed by atoms with Gasteiger partial charge in [0.1, 0.15) is 11.6 Å². The van der Waals surface area contributed by atoms with Gasteiger partial charge in [-0.1, -0.05) is 0 Å². The van der Waals surface area contributed by atoms with E-state index in [1.54, 1.807) is 56.0 Å². The first-order valence-corrected chi connectivity index (χ1v) is 10.9. The summed E-state index contributed by atoms with van der Waals surface area (Å²) < 4.78 is 26.1. The van der Waals surface area contributed by atoms with Gasteiger partial charge in [-0.15, -0.1) is 0 Å². The molecule has 0 saturated carbocycles. The predicted octanol–water partition coefficient (Wildman–Crippen LogP) is 4.48. The van der Waals surface area contributed by atoms with Gasteiger partial charge in [0.05, 0.1) is 30.5 Å². The number of hydrogen-bond donors (Lipinski definition) is 0. The van der Waals surface area contributed by atoms with Crippen molar-refractivity contribution in [3.05, 3.63) is 53.3 Å². The number of halogens is 1. The first-order valence-electron chi connectivity index (χ1n) is 10.5. The Bertz CT molecular complexity index is 1120. The van der Waals surface area contributed by atoms with E-state index in [9.17, 15) is 14.4 Å². The fourth-order valence-electron chi connectivity index (χ4n) is 4.07. The number of nitrogens with zero attached hydrogens (tertiary/aromatic N) is 3. The van der Waals surface area contributed by atoms with Crippen LogP contribution in [-0.2, 0) is 9.53 Å². The molecule has 8 heteroatoms. The lowest BCUT2D eigenvalue weighted by Gasteiger charge is -2.30. The fraction of sp³-hybridized carbons (Fsp3) is 0.375. The minimum atomic E-state index is -1.02. The van der Waals surface area contributed by atoms with Crippen LogP contribution in [0.1, 0.15) is 37.8 Å². The molecule has 2 heterocycles. The largest absolute Gasteiger partial charge is 0.487 e. The van der Waals surface area contributed by atoms with E-state index in [2.05, 4.69) is 6.07 Å². The maximum atomic E-state index is 14.9. The van der Waals surface area contributed by atoms with Crippen molar-refractivity contribution < 1.29 is 18.7 Å².